The van der Waals surface area contributed by atoms with E-state index in [9.17, 15) is 13.2 Å². The summed E-state index contributed by atoms with van der Waals surface area (Å²) in [5, 5.41) is 0. The zero-order valence-corrected chi connectivity index (χ0v) is 15.8. The summed E-state index contributed by atoms with van der Waals surface area (Å²) in [5.74, 6) is -1.88. The van der Waals surface area contributed by atoms with Gasteiger partial charge in [0.05, 0.1) is 6.61 Å². The Labute approximate surface area is 158 Å². The van der Waals surface area contributed by atoms with Gasteiger partial charge in [-0.15, -0.1) is 0 Å². The normalized spacial score (nSPS) is 20.2. The highest BCUT2D eigenvalue weighted by Crippen LogP contribution is 2.42. The van der Waals surface area contributed by atoms with Crippen molar-refractivity contribution in [2.24, 2.45) is 0 Å². The zero-order valence-electron chi connectivity index (χ0n) is 15.8. The Morgan fingerprint density at radius 2 is 1.56 bits per heavy atom. The van der Waals surface area contributed by atoms with Crippen molar-refractivity contribution in [2.45, 2.75) is 51.4 Å². The van der Waals surface area contributed by atoms with Gasteiger partial charge in [-0.1, -0.05) is 30.4 Å². The lowest BCUT2D eigenvalue weighted by atomic mass is 9.76. The molecule has 1 nitrogen and oxygen atoms in total. The molecule has 1 aliphatic rings. The number of halogens is 3. The number of allylic oxidation sites excluding steroid dienone is 1. The van der Waals surface area contributed by atoms with E-state index in [2.05, 4.69) is 0 Å². The Hall–Kier alpha value is -2.23. The van der Waals surface area contributed by atoms with Crippen LogP contribution in [0.15, 0.2) is 36.4 Å². The molecule has 2 aromatic carbocycles. The maximum Gasteiger partial charge on any atom is 0.200 e. The summed E-state index contributed by atoms with van der Waals surface area (Å²) in [7, 11) is 0. The lowest BCUT2D eigenvalue weighted by Gasteiger charge is -2.29. The molecule has 4 heteroatoms. The van der Waals surface area contributed by atoms with Gasteiger partial charge in [0.2, 0.25) is 5.82 Å². The van der Waals surface area contributed by atoms with Crippen molar-refractivity contribution >= 4 is 6.08 Å². The number of ether oxygens (including phenoxy) is 1. The third-order valence-corrected chi connectivity index (χ3v) is 5.37. The first kappa shape index (κ1) is 19.5. The van der Waals surface area contributed by atoms with Crippen LogP contribution >= 0.6 is 0 Å². The van der Waals surface area contributed by atoms with Crippen molar-refractivity contribution < 1.29 is 17.9 Å². The molecule has 27 heavy (non-hydrogen) atoms. The molecule has 1 aliphatic carbocycles. The molecule has 1 saturated carbocycles. The summed E-state index contributed by atoms with van der Waals surface area (Å²) in [5.41, 5.74) is 1.97. The number of hydrogen-bond acceptors (Lipinski definition) is 1. The van der Waals surface area contributed by atoms with Crippen molar-refractivity contribution in [2.75, 3.05) is 6.61 Å². The Morgan fingerprint density at radius 1 is 0.926 bits per heavy atom. The van der Waals surface area contributed by atoms with E-state index in [1.807, 2.05) is 31.2 Å². The van der Waals surface area contributed by atoms with Crippen LogP contribution in [0.2, 0.25) is 0 Å². The number of hydrogen-bond donors (Lipinski definition) is 0. The number of benzene rings is 2. The van der Waals surface area contributed by atoms with Crippen LogP contribution in [0.25, 0.3) is 6.08 Å². The van der Waals surface area contributed by atoms with E-state index in [4.69, 9.17) is 4.74 Å². The highest BCUT2D eigenvalue weighted by molar-refractivity contribution is 5.50. The van der Waals surface area contributed by atoms with E-state index in [0.29, 0.717) is 25.0 Å². The van der Waals surface area contributed by atoms with E-state index in [1.54, 1.807) is 19.1 Å². The molecule has 2 aromatic rings. The predicted molar refractivity (Wildman–Crippen MR) is 103 cm³/mol. The van der Waals surface area contributed by atoms with Crippen LogP contribution < -0.4 is 4.74 Å². The molecule has 0 N–H and O–H groups in total. The summed E-state index contributed by atoms with van der Waals surface area (Å²) in [4.78, 5) is 0. The predicted octanol–water partition coefficient (Wildman–Crippen LogP) is 6.98. The molecule has 0 spiro atoms. The van der Waals surface area contributed by atoms with Crippen LogP contribution in [-0.2, 0) is 0 Å². The van der Waals surface area contributed by atoms with Gasteiger partial charge in [-0.25, -0.2) is 8.78 Å². The summed E-state index contributed by atoms with van der Waals surface area (Å²) < 4.78 is 48.2. The largest absolute Gasteiger partial charge is 0.491 e. The fourth-order valence-corrected chi connectivity index (χ4v) is 4.01. The molecular formula is C23H25F3O. The van der Waals surface area contributed by atoms with Crippen LogP contribution in [0.4, 0.5) is 13.2 Å². The van der Waals surface area contributed by atoms with E-state index >= 15 is 0 Å². The third-order valence-electron chi connectivity index (χ3n) is 5.37. The fourth-order valence-electron chi connectivity index (χ4n) is 4.01. The van der Waals surface area contributed by atoms with Crippen LogP contribution in [-0.4, -0.2) is 6.61 Å². The minimum atomic E-state index is -0.915. The van der Waals surface area contributed by atoms with Gasteiger partial charge in [-0.05, 0) is 80.2 Å². The molecule has 1 fully saturated rings. The Kier molecular flexibility index (Phi) is 6.25. The second-order valence-corrected chi connectivity index (χ2v) is 7.04. The molecule has 0 radical (unpaired) electrons. The van der Waals surface area contributed by atoms with Gasteiger partial charge < -0.3 is 4.74 Å². The number of rotatable bonds is 5. The highest BCUT2D eigenvalue weighted by Gasteiger charge is 2.28. The second kappa shape index (κ2) is 8.64. The first-order chi connectivity index (χ1) is 13.0. The molecule has 3 rings (SSSR count). The first-order valence-electron chi connectivity index (χ1n) is 9.58. The summed E-state index contributed by atoms with van der Waals surface area (Å²) in [6, 6.07) is 8.46. The van der Waals surface area contributed by atoms with E-state index in [-0.39, 0.29) is 23.4 Å². The van der Waals surface area contributed by atoms with Gasteiger partial charge in [0.15, 0.2) is 11.6 Å². The molecule has 0 heterocycles. The van der Waals surface area contributed by atoms with Gasteiger partial charge in [-0.2, -0.15) is 4.39 Å². The van der Waals surface area contributed by atoms with Crippen LogP contribution in [0.3, 0.4) is 0 Å². The molecule has 0 bridgehead atoms. The fraction of sp³-hybridized carbons (Fsp3) is 0.391. The summed E-state index contributed by atoms with van der Waals surface area (Å²) >= 11 is 0. The third kappa shape index (κ3) is 4.20. The topological polar surface area (TPSA) is 9.23 Å². The van der Waals surface area contributed by atoms with Gasteiger partial charge in [0.1, 0.15) is 5.82 Å². The van der Waals surface area contributed by atoms with Crippen molar-refractivity contribution in [3.8, 4) is 5.75 Å². The van der Waals surface area contributed by atoms with Gasteiger partial charge in [0, 0.05) is 0 Å². The quantitative estimate of drug-likeness (QED) is 0.549. The summed E-state index contributed by atoms with van der Waals surface area (Å²) in [6.45, 7) is 3.92. The van der Waals surface area contributed by atoms with Gasteiger partial charge in [0.25, 0.3) is 0 Å². The van der Waals surface area contributed by atoms with Crippen molar-refractivity contribution in [1.82, 2.24) is 0 Å². The Bertz CT molecular complexity index is 821. The van der Waals surface area contributed by atoms with Gasteiger partial charge in [-0.3, -0.25) is 0 Å². The zero-order chi connectivity index (χ0) is 19.4. The molecule has 0 saturated heterocycles. The lowest BCUT2D eigenvalue weighted by molar-refractivity contribution is 0.310. The highest BCUT2D eigenvalue weighted by atomic mass is 19.2. The van der Waals surface area contributed by atoms with E-state index in [0.717, 1.165) is 24.0 Å². The van der Waals surface area contributed by atoms with E-state index < -0.39 is 11.6 Å². The molecule has 0 atom stereocenters. The molecule has 0 aromatic heterocycles. The van der Waals surface area contributed by atoms with Crippen LogP contribution in [0, 0.1) is 17.5 Å². The maximum atomic E-state index is 14.5. The van der Waals surface area contributed by atoms with Crippen molar-refractivity contribution in [3.05, 3.63) is 70.5 Å². The van der Waals surface area contributed by atoms with Crippen molar-refractivity contribution in [1.29, 1.82) is 0 Å². The molecule has 0 aliphatic heterocycles. The minimum absolute atomic E-state index is 0.0446. The standard InChI is InChI=1S/C23H25F3O/c1-3-5-15-6-11-18(20(24)14-15)16-7-9-17(10-8-16)19-12-13-21(27-4-2)23(26)22(19)25/h3,5-6,11-14,16-17H,4,7-10H2,1-2H3. The maximum absolute atomic E-state index is 14.5. The smallest absolute Gasteiger partial charge is 0.200 e. The molecule has 0 unspecified atom stereocenters. The molecular weight excluding hydrogens is 349 g/mol. The average Bonchev–Trinajstić information content (AvgIpc) is 2.67. The minimum Gasteiger partial charge on any atom is -0.491 e. The molecule has 144 valence electrons. The summed E-state index contributed by atoms with van der Waals surface area (Å²) in [6.07, 6.45) is 6.70. The monoisotopic (exact) mass is 374 g/mol. The van der Waals surface area contributed by atoms with Crippen molar-refractivity contribution in [3.63, 3.8) is 0 Å². The second-order valence-electron chi connectivity index (χ2n) is 7.04. The first-order valence-corrected chi connectivity index (χ1v) is 9.58. The van der Waals surface area contributed by atoms with Gasteiger partial charge >= 0.3 is 0 Å². The Morgan fingerprint density at radius 3 is 2.15 bits per heavy atom. The van der Waals surface area contributed by atoms with Crippen LogP contribution in [0.5, 0.6) is 5.75 Å². The van der Waals surface area contributed by atoms with Crippen LogP contribution in [0.1, 0.15) is 68.1 Å². The lowest BCUT2D eigenvalue weighted by Crippen LogP contribution is -2.15. The molecule has 0 amide bonds. The Balaban J connectivity index is 1.71. The van der Waals surface area contributed by atoms with E-state index in [1.165, 1.54) is 6.07 Å². The SMILES string of the molecule is CC=Cc1ccc(C2CCC(c3ccc(OCC)c(F)c3F)CC2)c(F)c1. The average molecular weight is 374 g/mol.